The first kappa shape index (κ1) is 21.7. The van der Waals surface area contributed by atoms with Crippen LogP contribution in [0.1, 0.15) is 21.5 Å². The Labute approximate surface area is 183 Å². The van der Waals surface area contributed by atoms with E-state index < -0.39 is 17.8 Å². The van der Waals surface area contributed by atoms with Gasteiger partial charge in [-0.05, 0) is 61.0 Å². The molecule has 0 spiro atoms. The number of para-hydroxylation sites is 1. The normalized spacial score (nSPS) is 10.5. The molecule has 7 nitrogen and oxygen atoms in total. The highest BCUT2D eigenvalue weighted by Gasteiger charge is 2.14. The van der Waals surface area contributed by atoms with Gasteiger partial charge in [-0.1, -0.05) is 41.4 Å². The third-order valence-electron chi connectivity index (χ3n) is 4.09. The lowest BCUT2D eigenvalue weighted by atomic mass is 10.1. The number of hydrogen-bond acceptors (Lipinski definition) is 5. The number of nitrogens with one attached hydrogen (secondary N) is 2. The number of esters is 1. The van der Waals surface area contributed by atoms with E-state index in [2.05, 4.69) is 15.8 Å². The number of hydrogen-bond donors (Lipinski definition) is 2. The average molecular weight is 436 g/mol. The van der Waals surface area contributed by atoms with Crippen molar-refractivity contribution in [3.8, 4) is 5.75 Å². The van der Waals surface area contributed by atoms with Gasteiger partial charge in [0.05, 0.1) is 22.5 Å². The van der Waals surface area contributed by atoms with Gasteiger partial charge < -0.3 is 10.1 Å². The van der Waals surface area contributed by atoms with Crippen LogP contribution in [0.15, 0.2) is 77.9 Å². The van der Waals surface area contributed by atoms with E-state index in [-0.39, 0.29) is 0 Å². The van der Waals surface area contributed by atoms with Crippen molar-refractivity contribution in [2.45, 2.75) is 6.92 Å². The predicted molar refractivity (Wildman–Crippen MR) is 118 cm³/mol. The summed E-state index contributed by atoms with van der Waals surface area (Å²) >= 11 is 5.94. The number of ether oxygens (including phenoxy) is 1. The number of hydrazone groups is 1. The number of anilines is 1. The van der Waals surface area contributed by atoms with Crippen LogP contribution in [0.5, 0.6) is 5.75 Å². The molecule has 0 atom stereocenters. The van der Waals surface area contributed by atoms with E-state index in [4.69, 9.17) is 16.3 Å². The molecule has 0 bridgehead atoms. The number of amides is 2. The molecule has 3 rings (SSSR count). The minimum atomic E-state index is -0.945. The largest absolute Gasteiger partial charge is 0.423 e. The van der Waals surface area contributed by atoms with Gasteiger partial charge in [-0.2, -0.15) is 5.10 Å². The van der Waals surface area contributed by atoms with Gasteiger partial charge in [0.2, 0.25) is 0 Å². The molecule has 156 valence electrons. The molecular weight excluding hydrogens is 418 g/mol. The molecule has 0 aliphatic carbocycles. The number of aryl methyl sites for hydroxylation is 1. The topological polar surface area (TPSA) is 96.9 Å². The fourth-order valence-electron chi connectivity index (χ4n) is 2.44. The van der Waals surface area contributed by atoms with Gasteiger partial charge in [0, 0.05) is 0 Å². The van der Waals surface area contributed by atoms with Crippen LogP contribution in [-0.4, -0.2) is 24.0 Å². The standard InChI is InChI=1S/C23H18ClN3O4/c1-15-6-10-17(11-7-15)23(30)31-18-12-8-16(9-13-18)14-25-27-22(29)21(28)26-20-5-3-2-4-19(20)24/h2-14H,1H3,(H,26,28)(H,27,29)/b25-14+. The molecule has 0 saturated heterocycles. The van der Waals surface area contributed by atoms with Crippen molar-refractivity contribution in [2.75, 3.05) is 5.32 Å². The molecule has 0 fully saturated rings. The lowest BCUT2D eigenvalue weighted by Crippen LogP contribution is -2.32. The summed E-state index contributed by atoms with van der Waals surface area (Å²) in [4.78, 5) is 35.9. The second kappa shape index (κ2) is 10.2. The Morgan fingerprint density at radius 2 is 1.58 bits per heavy atom. The van der Waals surface area contributed by atoms with Gasteiger partial charge in [0.1, 0.15) is 5.75 Å². The third kappa shape index (κ3) is 6.25. The van der Waals surface area contributed by atoms with E-state index >= 15 is 0 Å². The number of halogens is 1. The Morgan fingerprint density at radius 3 is 2.26 bits per heavy atom. The molecule has 0 aromatic heterocycles. The molecule has 2 N–H and O–H groups in total. The molecule has 31 heavy (non-hydrogen) atoms. The van der Waals surface area contributed by atoms with Gasteiger partial charge >= 0.3 is 17.8 Å². The molecule has 8 heteroatoms. The van der Waals surface area contributed by atoms with Crippen LogP contribution in [0, 0.1) is 6.92 Å². The fraction of sp³-hybridized carbons (Fsp3) is 0.0435. The Kier molecular flexibility index (Phi) is 7.13. The van der Waals surface area contributed by atoms with Crippen LogP contribution in [0.2, 0.25) is 5.02 Å². The SMILES string of the molecule is Cc1ccc(C(=O)Oc2ccc(/C=N/NC(=O)C(=O)Nc3ccccc3Cl)cc2)cc1. The fourth-order valence-corrected chi connectivity index (χ4v) is 2.62. The van der Waals surface area contributed by atoms with Crippen molar-refractivity contribution in [3.63, 3.8) is 0 Å². The van der Waals surface area contributed by atoms with E-state index in [1.165, 1.54) is 6.21 Å². The average Bonchev–Trinajstić information content (AvgIpc) is 2.77. The molecule has 0 unspecified atom stereocenters. The van der Waals surface area contributed by atoms with Crippen LogP contribution in [-0.2, 0) is 9.59 Å². The maximum Gasteiger partial charge on any atom is 0.343 e. The lowest BCUT2D eigenvalue weighted by molar-refractivity contribution is -0.136. The third-order valence-corrected chi connectivity index (χ3v) is 4.42. The Hall–Kier alpha value is -3.97. The zero-order chi connectivity index (χ0) is 22.2. The van der Waals surface area contributed by atoms with Crippen molar-refractivity contribution in [1.82, 2.24) is 5.43 Å². The summed E-state index contributed by atoms with van der Waals surface area (Å²) < 4.78 is 5.32. The maximum absolute atomic E-state index is 12.1. The molecular formula is C23H18ClN3O4. The van der Waals surface area contributed by atoms with Gasteiger partial charge in [-0.3, -0.25) is 9.59 Å². The molecule has 0 heterocycles. The Morgan fingerprint density at radius 1 is 0.903 bits per heavy atom. The van der Waals surface area contributed by atoms with Crippen molar-refractivity contribution in [2.24, 2.45) is 5.10 Å². The van der Waals surface area contributed by atoms with Gasteiger partial charge in [0.25, 0.3) is 0 Å². The number of nitrogens with zero attached hydrogens (tertiary/aromatic N) is 1. The molecule has 0 saturated carbocycles. The molecule has 0 aliphatic rings. The lowest BCUT2D eigenvalue weighted by Gasteiger charge is -2.05. The van der Waals surface area contributed by atoms with E-state index in [0.29, 0.717) is 27.6 Å². The van der Waals surface area contributed by atoms with E-state index in [0.717, 1.165) is 5.56 Å². The smallest absolute Gasteiger partial charge is 0.343 e. The Balaban J connectivity index is 1.51. The summed E-state index contributed by atoms with van der Waals surface area (Å²) in [6.45, 7) is 1.93. The van der Waals surface area contributed by atoms with Crippen LogP contribution in [0.4, 0.5) is 5.69 Å². The Bertz CT molecular complexity index is 1130. The van der Waals surface area contributed by atoms with Crippen molar-refractivity contribution >= 4 is 41.3 Å². The summed E-state index contributed by atoms with van der Waals surface area (Å²) in [6, 6.07) is 20.1. The predicted octanol–water partition coefficient (Wildman–Crippen LogP) is 3.96. The van der Waals surface area contributed by atoms with Crippen molar-refractivity contribution < 1.29 is 19.1 Å². The maximum atomic E-state index is 12.1. The summed E-state index contributed by atoms with van der Waals surface area (Å²) in [5.74, 6) is -1.94. The number of carbonyl (C=O) groups excluding carboxylic acids is 3. The number of rotatable bonds is 5. The van der Waals surface area contributed by atoms with E-state index in [1.54, 1.807) is 60.7 Å². The molecule has 2 amide bonds. The quantitative estimate of drug-likeness (QED) is 0.208. The summed E-state index contributed by atoms with van der Waals surface area (Å²) in [5, 5.41) is 6.46. The van der Waals surface area contributed by atoms with Crippen molar-refractivity contribution in [3.05, 3.63) is 94.5 Å². The van der Waals surface area contributed by atoms with Crippen LogP contribution in [0.25, 0.3) is 0 Å². The molecule has 3 aromatic rings. The second-order valence-electron chi connectivity index (χ2n) is 6.46. The zero-order valence-electron chi connectivity index (χ0n) is 16.5. The second-order valence-corrected chi connectivity index (χ2v) is 6.86. The van der Waals surface area contributed by atoms with E-state index in [9.17, 15) is 14.4 Å². The molecule has 0 aliphatic heterocycles. The van der Waals surface area contributed by atoms with Gasteiger partial charge in [-0.15, -0.1) is 0 Å². The van der Waals surface area contributed by atoms with Gasteiger partial charge in [-0.25, -0.2) is 10.2 Å². The molecule has 0 radical (unpaired) electrons. The molecule has 3 aromatic carbocycles. The highest BCUT2D eigenvalue weighted by atomic mass is 35.5. The van der Waals surface area contributed by atoms with Crippen LogP contribution < -0.4 is 15.5 Å². The first-order valence-electron chi connectivity index (χ1n) is 9.20. The highest BCUT2D eigenvalue weighted by molar-refractivity contribution is 6.41. The van der Waals surface area contributed by atoms with Crippen LogP contribution in [0.3, 0.4) is 0 Å². The summed E-state index contributed by atoms with van der Waals surface area (Å²) in [7, 11) is 0. The minimum Gasteiger partial charge on any atom is -0.423 e. The van der Waals surface area contributed by atoms with Crippen LogP contribution >= 0.6 is 11.6 Å². The number of benzene rings is 3. The van der Waals surface area contributed by atoms with E-state index in [1.807, 2.05) is 19.1 Å². The minimum absolute atomic E-state index is 0.315. The number of carbonyl (C=O) groups is 3. The zero-order valence-corrected chi connectivity index (χ0v) is 17.2. The first-order chi connectivity index (χ1) is 14.9. The van der Waals surface area contributed by atoms with Gasteiger partial charge in [0.15, 0.2) is 0 Å². The summed E-state index contributed by atoms with van der Waals surface area (Å²) in [6.07, 6.45) is 1.35. The highest BCUT2D eigenvalue weighted by Crippen LogP contribution is 2.20. The summed E-state index contributed by atoms with van der Waals surface area (Å²) in [5.41, 5.74) is 4.59. The first-order valence-corrected chi connectivity index (χ1v) is 9.58. The monoisotopic (exact) mass is 435 g/mol. The van der Waals surface area contributed by atoms with Crippen molar-refractivity contribution in [1.29, 1.82) is 0 Å².